The van der Waals surface area contributed by atoms with Crippen LogP contribution < -0.4 is 9.91 Å². The average Bonchev–Trinajstić information content (AvgIpc) is 3.54. The number of benzene rings is 3. The number of hydrogen-bond donors (Lipinski definition) is 0. The molecule has 4 nitrogen and oxygen atoms in total. The van der Waals surface area contributed by atoms with Crippen molar-refractivity contribution < 1.29 is 4.79 Å². The number of carbonyl (C=O) groups is 1. The second kappa shape index (κ2) is 8.31. The molecule has 0 radical (unpaired) electrons. The lowest BCUT2D eigenvalue weighted by Gasteiger charge is -2.25. The van der Waals surface area contributed by atoms with Gasteiger partial charge < -0.3 is 0 Å². The molecule has 0 bridgehead atoms. The molecule has 0 saturated heterocycles. The Kier molecular flexibility index (Phi) is 5.25. The highest BCUT2D eigenvalue weighted by molar-refractivity contribution is 6.46. The highest BCUT2D eigenvalue weighted by Crippen LogP contribution is 2.45. The van der Waals surface area contributed by atoms with E-state index in [0.717, 1.165) is 22.4 Å². The highest BCUT2D eigenvalue weighted by atomic mass is 35.5. The summed E-state index contributed by atoms with van der Waals surface area (Å²) in [7, 11) is 0. The Labute approximate surface area is 212 Å². The first kappa shape index (κ1) is 21.5. The van der Waals surface area contributed by atoms with Crippen LogP contribution in [0.1, 0.15) is 23.6 Å². The molecule has 0 aromatic heterocycles. The van der Waals surface area contributed by atoms with E-state index in [4.69, 9.17) is 39.9 Å². The predicted octanol–water partition coefficient (Wildman–Crippen LogP) is 7.32. The van der Waals surface area contributed by atoms with Crippen LogP contribution in [0.2, 0.25) is 15.1 Å². The third kappa shape index (κ3) is 3.45. The number of nitrogens with zero attached hydrogens (tertiary/aromatic N) is 3. The van der Waals surface area contributed by atoms with Crippen LogP contribution in [0.5, 0.6) is 0 Å². The van der Waals surface area contributed by atoms with Crippen molar-refractivity contribution in [2.75, 3.05) is 9.91 Å². The summed E-state index contributed by atoms with van der Waals surface area (Å²) in [5, 5.41) is 8.29. The zero-order chi connectivity index (χ0) is 23.4. The molecular weight excluding hydrogens is 489 g/mol. The van der Waals surface area contributed by atoms with Crippen LogP contribution in [-0.2, 0) is 4.79 Å². The predicted molar refractivity (Wildman–Crippen MR) is 140 cm³/mol. The van der Waals surface area contributed by atoms with E-state index in [9.17, 15) is 4.79 Å². The molecule has 168 valence electrons. The molecule has 1 amide bonds. The van der Waals surface area contributed by atoms with Gasteiger partial charge in [-0.25, -0.2) is 0 Å². The van der Waals surface area contributed by atoms with Crippen molar-refractivity contribution in [1.29, 1.82) is 0 Å². The van der Waals surface area contributed by atoms with Crippen LogP contribution in [-0.4, -0.2) is 17.7 Å². The maximum atomic E-state index is 13.9. The highest BCUT2D eigenvalue weighted by Gasteiger charge is 2.42. The number of amides is 1. The standard InChI is InChI=1S/C27H18Cl3N3O/c28-17-10-8-16(9-11-17)26-15-22(31-33(26)25-13-12-18(29)14-21(25)30)27(34)32-23-6-2-1-4-19(23)20-5-3-7-24(20)32/h1-14,24,26H,15H2. The molecule has 3 aliphatic rings. The van der Waals surface area contributed by atoms with Gasteiger partial charge in [0.2, 0.25) is 0 Å². The van der Waals surface area contributed by atoms with E-state index in [1.165, 1.54) is 0 Å². The van der Waals surface area contributed by atoms with Crippen LogP contribution in [0, 0.1) is 0 Å². The summed E-state index contributed by atoms with van der Waals surface area (Å²) in [4.78, 5) is 15.8. The minimum absolute atomic E-state index is 0.112. The molecule has 0 N–H and O–H groups in total. The van der Waals surface area contributed by atoms with Crippen molar-refractivity contribution in [3.8, 4) is 0 Å². The fourth-order valence-corrected chi connectivity index (χ4v) is 5.49. The van der Waals surface area contributed by atoms with Gasteiger partial charge >= 0.3 is 0 Å². The summed E-state index contributed by atoms with van der Waals surface area (Å²) < 4.78 is 0. The van der Waals surface area contributed by atoms with E-state index >= 15 is 0 Å². The van der Waals surface area contributed by atoms with E-state index in [-0.39, 0.29) is 18.0 Å². The quantitative estimate of drug-likeness (QED) is 0.373. The molecule has 34 heavy (non-hydrogen) atoms. The zero-order valence-electron chi connectivity index (χ0n) is 17.8. The maximum absolute atomic E-state index is 13.9. The minimum Gasteiger partial charge on any atom is -0.296 e. The largest absolute Gasteiger partial charge is 0.296 e. The monoisotopic (exact) mass is 505 g/mol. The van der Waals surface area contributed by atoms with E-state index in [1.54, 1.807) is 12.1 Å². The van der Waals surface area contributed by atoms with Crippen LogP contribution in [0.4, 0.5) is 11.4 Å². The lowest BCUT2D eigenvalue weighted by Crippen LogP contribution is -2.40. The van der Waals surface area contributed by atoms with Crippen molar-refractivity contribution in [2.45, 2.75) is 18.5 Å². The number of halogens is 3. The molecule has 0 saturated carbocycles. The van der Waals surface area contributed by atoms with Crippen molar-refractivity contribution >= 4 is 63.4 Å². The Morgan fingerprint density at radius 1 is 0.912 bits per heavy atom. The summed E-state index contributed by atoms with van der Waals surface area (Å²) in [6.45, 7) is 0. The zero-order valence-corrected chi connectivity index (χ0v) is 20.1. The van der Waals surface area contributed by atoms with E-state index < -0.39 is 0 Å². The fraction of sp³-hybridized carbons (Fsp3) is 0.111. The SMILES string of the molecule is O=C(C1=NN(c2ccc(Cl)cc2Cl)C(c2ccc(Cl)cc2)C1)N1c2ccccc2C2=CC=CC21. The molecule has 3 aromatic rings. The first-order chi connectivity index (χ1) is 16.5. The van der Waals surface area contributed by atoms with Gasteiger partial charge in [-0.15, -0.1) is 0 Å². The van der Waals surface area contributed by atoms with Gasteiger partial charge in [-0.05, 0) is 47.5 Å². The van der Waals surface area contributed by atoms with E-state index in [2.05, 4.69) is 12.1 Å². The molecule has 6 rings (SSSR count). The summed E-state index contributed by atoms with van der Waals surface area (Å²) in [6, 6.07) is 20.6. The number of anilines is 2. The molecule has 0 spiro atoms. The number of hydrazone groups is 1. The fourth-order valence-electron chi connectivity index (χ4n) is 4.87. The van der Waals surface area contributed by atoms with Crippen molar-refractivity contribution in [2.24, 2.45) is 5.10 Å². The Balaban J connectivity index is 1.41. The maximum Gasteiger partial charge on any atom is 0.275 e. The van der Waals surface area contributed by atoms with Crippen LogP contribution in [0.3, 0.4) is 0 Å². The average molecular weight is 507 g/mol. The summed E-state index contributed by atoms with van der Waals surface area (Å²) in [6.07, 6.45) is 6.56. The van der Waals surface area contributed by atoms with Gasteiger partial charge in [0.05, 0.1) is 28.5 Å². The minimum atomic E-state index is -0.207. The van der Waals surface area contributed by atoms with Crippen molar-refractivity contribution in [3.05, 3.63) is 111 Å². The molecule has 2 atom stereocenters. The molecule has 0 fully saturated rings. The Bertz CT molecular complexity index is 1410. The lowest BCUT2D eigenvalue weighted by atomic mass is 10.0. The number of fused-ring (bicyclic) bond motifs is 3. The third-order valence-electron chi connectivity index (χ3n) is 6.43. The number of rotatable bonds is 3. The van der Waals surface area contributed by atoms with E-state index in [1.807, 2.05) is 70.6 Å². The van der Waals surface area contributed by atoms with Crippen molar-refractivity contribution in [1.82, 2.24) is 0 Å². The summed E-state index contributed by atoms with van der Waals surface area (Å²) >= 11 is 18.8. The van der Waals surface area contributed by atoms with Gasteiger partial charge in [-0.3, -0.25) is 14.7 Å². The topological polar surface area (TPSA) is 35.9 Å². The molecule has 1 aliphatic carbocycles. The molecule has 2 unspecified atom stereocenters. The van der Waals surface area contributed by atoms with Gasteiger partial charge in [0.1, 0.15) is 5.71 Å². The van der Waals surface area contributed by atoms with Gasteiger partial charge in [-0.2, -0.15) is 5.10 Å². The number of para-hydroxylation sites is 1. The van der Waals surface area contributed by atoms with Gasteiger partial charge in [0.15, 0.2) is 0 Å². The molecule has 2 heterocycles. The number of hydrogen-bond acceptors (Lipinski definition) is 3. The molecule has 2 aliphatic heterocycles. The van der Waals surface area contributed by atoms with Crippen LogP contribution in [0.25, 0.3) is 5.57 Å². The van der Waals surface area contributed by atoms with Gasteiger partial charge in [0.25, 0.3) is 5.91 Å². The lowest BCUT2D eigenvalue weighted by molar-refractivity contribution is -0.112. The van der Waals surface area contributed by atoms with Crippen LogP contribution >= 0.6 is 34.8 Å². The Morgan fingerprint density at radius 3 is 2.47 bits per heavy atom. The van der Waals surface area contributed by atoms with E-state index in [0.29, 0.717) is 32.9 Å². The van der Waals surface area contributed by atoms with Gasteiger partial charge in [-0.1, -0.05) is 83.4 Å². The molecule has 3 aromatic carbocycles. The molecule has 7 heteroatoms. The van der Waals surface area contributed by atoms with Gasteiger partial charge in [0, 0.05) is 22.0 Å². The first-order valence-electron chi connectivity index (χ1n) is 10.9. The summed E-state index contributed by atoms with van der Waals surface area (Å²) in [5.41, 5.74) is 5.27. The second-order valence-electron chi connectivity index (χ2n) is 8.40. The Hall–Kier alpha value is -3.05. The number of allylic oxidation sites excluding steroid dienone is 2. The number of carbonyl (C=O) groups excluding carboxylic acids is 1. The smallest absolute Gasteiger partial charge is 0.275 e. The molecular formula is C27H18Cl3N3O. The van der Waals surface area contributed by atoms with Crippen molar-refractivity contribution in [3.63, 3.8) is 0 Å². The Morgan fingerprint density at radius 2 is 1.68 bits per heavy atom. The second-order valence-corrected chi connectivity index (χ2v) is 9.68. The first-order valence-corrected chi connectivity index (χ1v) is 12.0. The van der Waals surface area contributed by atoms with Crippen LogP contribution in [0.15, 0.2) is 90.1 Å². The summed E-state index contributed by atoms with van der Waals surface area (Å²) in [5.74, 6) is -0.112. The third-order valence-corrected chi connectivity index (χ3v) is 7.22. The normalized spacial score (nSPS) is 20.3.